The van der Waals surface area contributed by atoms with Gasteiger partial charge >= 0.3 is 0 Å². The smallest absolute Gasteiger partial charge is 0.256 e. The maximum absolute atomic E-state index is 14.7. The molecule has 0 saturated heterocycles. The molecule has 0 spiro atoms. The van der Waals surface area contributed by atoms with Crippen molar-refractivity contribution in [3.63, 3.8) is 0 Å². The molecule has 1 unspecified atom stereocenters. The van der Waals surface area contributed by atoms with E-state index in [-0.39, 0.29) is 43.7 Å². The average molecular weight is 493 g/mol. The first-order valence-corrected chi connectivity index (χ1v) is 11.8. The highest BCUT2D eigenvalue weighted by Crippen LogP contribution is 2.57. The fourth-order valence-corrected chi connectivity index (χ4v) is 6.52. The van der Waals surface area contributed by atoms with E-state index in [1.165, 1.54) is 57.7 Å². The Balaban J connectivity index is 2.44. The topological polar surface area (TPSA) is 78.9 Å². The van der Waals surface area contributed by atoms with E-state index in [2.05, 4.69) is 0 Å². The van der Waals surface area contributed by atoms with Gasteiger partial charge in [0.15, 0.2) is 5.75 Å². The number of hydrogen-bond acceptors (Lipinski definition) is 6. The van der Waals surface area contributed by atoms with E-state index in [0.29, 0.717) is 0 Å². The monoisotopic (exact) mass is 492 g/mol. The highest BCUT2D eigenvalue weighted by Gasteiger charge is 2.48. The van der Waals surface area contributed by atoms with E-state index in [1.807, 2.05) is 0 Å². The molecule has 1 atom stereocenters. The van der Waals surface area contributed by atoms with Crippen LogP contribution in [0.15, 0.2) is 60.7 Å². The van der Waals surface area contributed by atoms with Crippen molar-refractivity contribution in [2.24, 2.45) is 0 Å². The quantitative estimate of drug-likeness (QED) is 0.376. The number of hydrogen-bond donors (Lipinski definition) is 0. The van der Waals surface area contributed by atoms with E-state index < -0.39 is 18.2 Å². The van der Waals surface area contributed by atoms with Crippen LogP contribution in [0.5, 0.6) is 17.2 Å². The second kappa shape index (κ2) is 9.78. The Hall–Kier alpha value is -2.79. The van der Waals surface area contributed by atoms with Crippen molar-refractivity contribution < 1.29 is 28.4 Å². The molecule has 0 bridgehead atoms. The van der Waals surface area contributed by atoms with Crippen LogP contribution >= 0.6 is 30.3 Å². The van der Waals surface area contributed by atoms with Crippen LogP contribution < -0.4 is 19.5 Å². The minimum absolute atomic E-state index is 0.0123. The Labute approximate surface area is 195 Å². The van der Waals surface area contributed by atoms with Crippen LogP contribution in [0.25, 0.3) is 0 Å². The minimum Gasteiger partial charge on any atom is -0.496 e. The van der Waals surface area contributed by atoms with Gasteiger partial charge in [0.1, 0.15) is 16.8 Å². The number of benzene rings is 3. The molecule has 3 aromatic rings. The zero-order valence-electron chi connectivity index (χ0n) is 17.4. The van der Waals surface area contributed by atoms with Gasteiger partial charge in [-0.05, 0) is 24.3 Å². The molecule has 9 heteroatoms. The average Bonchev–Trinajstić information content (AvgIpc) is 2.82. The molecule has 0 amide bonds. The van der Waals surface area contributed by atoms with E-state index >= 15 is 0 Å². The Kier molecular flexibility index (Phi) is 7.29. The number of methoxy groups -OCH3 is 3. The molecule has 0 aliphatic heterocycles. The lowest BCUT2D eigenvalue weighted by atomic mass is 10.2. The van der Waals surface area contributed by atoms with Gasteiger partial charge in [0.25, 0.3) is 7.14 Å². The van der Waals surface area contributed by atoms with Crippen molar-refractivity contribution in [3.05, 3.63) is 81.8 Å². The van der Waals surface area contributed by atoms with Crippen molar-refractivity contribution in [1.29, 1.82) is 0 Å². The standard InChI is InChI=1S/C23H19Cl2O6P/c1-29-17-11-7-10-15(24)19(17)23(27)32(28,22(26)14-8-5-4-6-9-14)21-18(30-2)13-12-16(25)20(21)31-3/h4-13H,1-3H3. The summed E-state index contributed by atoms with van der Waals surface area (Å²) < 4.78 is 30.7. The third-order valence-electron chi connectivity index (χ3n) is 4.79. The minimum atomic E-state index is -4.68. The Morgan fingerprint density at radius 1 is 0.719 bits per heavy atom. The molecule has 0 N–H and O–H groups in total. The molecule has 3 aromatic carbocycles. The zero-order chi connectivity index (χ0) is 23.5. The van der Waals surface area contributed by atoms with Gasteiger partial charge in [0.2, 0.25) is 11.0 Å². The molecule has 0 aliphatic rings. The van der Waals surface area contributed by atoms with Crippen molar-refractivity contribution in [1.82, 2.24) is 0 Å². The number of rotatable bonds is 8. The van der Waals surface area contributed by atoms with Crippen LogP contribution in [-0.2, 0) is 4.57 Å². The molecular weight excluding hydrogens is 474 g/mol. The number of halogens is 2. The molecule has 0 saturated carbocycles. The summed E-state index contributed by atoms with van der Waals surface area (Å²) in [4.78, 5) is 27.6. The van der Waals surface area contributed by atoms with E-state index in [1.54, 1.807) is 24.3 Å². The summed E-state index contributed by atoms with van der Waals surface area (Å²) in [5.41, 5.74) is -2.05. The largest absolute Gasteiger partial charge is 0.496 e. The molecule has 3 rings (SSSR count). The molecule has 32 heavy (non-hydrogen) atoms. The Morgan fingerprint density at radius 3 is 1.97 bits per heavy atom. The third kappa shape index (κ3) is 4.02. The normalized spacial score (nSPS) is 12.5. The fraction of sp³-hybridized carbons (Fsp3) is 0.130. The zero-order valence-corrected chi connectivity index (χ0v) is 19.8. The fourth-order valence-electron chi connectivity index (χ4n) is 3.28. The number of ether oxygens (including phenoxy) is 3. The second-order valence-electron chi connectivity index (χ2n) is 6.53. The summed E-state index contributed by atoms with van der Waals surface area (Å²) in [7, 11) is -0.719. The maximum Gasteiger partial charge on any atom is 0.256 e. The molecule has 0 fully saturated rings. The van der Waals surface area contributed by atoms with Gasteiger partial charge in [-0.25, -0.2) is 0 Å². The van der Waals surface area contributed by atoms with Gasteiger partial charge in [-0.15, -0.1) is 0 Å². The first-order valence-electron chi connectivity index (χ1n) is 9.29. The molecule has 0 radical (unpaired) electrons. The predicted molar refractivity (Wildman–Crippen MR) is 125 cm³/mol. The Bertz CT molecular complexity index is 1230. The van der Waals surface area contributed by atoms with Gasteiger partial charge in [0, 0.05) is 5.56 Å². The molecular formula is C23H19Cl2O6P. The van der Waals surface area contributed by atoms with Crippen LogP contribution in [0.2, 0.25) is 10.0 Å². The molecule has 6 nitrogen and oxygen atoms in total. The summed E-state index contributed by atoms with van der Waals surface area (Å²) in [5, 5.41) is -0.200. The summed E-state index contributed by atoms with van der Waals surface area (Å²) >= 11 is 12.6. The van der Waals surface area contributed by atoms with Gasteiger partial charge < -0.3 is 18.8 Å². The van der Waals surface area contributed by atoms with Gasteiger partial charge in [-0.2, -0.15) is 0 Å². The van der Waals surface area contributed by atoms with Crippen molar-refractivity contribution in [3.8, 4) is 17.2 Å². The summed E-state index contributed by atoms with van der Waals surface area (Å²) in [5.74, 6) is -0.0141. The maximum atomic E-state index is 14.7. The van der Waals surface area contributed by atoms with E-state index in [0.717, 1.165) is 0 Å². The summed E-state index contributed by atoms with van der Waals surface area (Å²) in [6.45, 7) is 0. The Morgan fingerprint density at radius 2 is 1.38 bits per heavy atom. The van der Waals surface area contributed by atoms with Gasteiger partial charge in [-0.1, -0.05) is 59.6 Å². The molecule has 0 aliphatic carbocycles. The lowest BCUT2D eigenvalue weighted by Gasteiger charge is -2.23. The van der Waals surface area contributed by atoms with Crippen LogP contribution in [0.3, 0.4) is 0 Å². The molecule has 0 heterocycles. The van der Waals surface area contributed by atoms with Crippen molar-refractivity contribution in [2.45, 2.75) is 0 Å². The van der Waals surface area contributed by atoms with Crippen LogP contribution in [-0.4, -0.2) is 32.4 Å². The number of carbonyl (C=O) groups excluding carboxylic acids is 2. The van der Waals surface area contributed by atoms with Crippen LogP contribution in [0.1, 0.15) is 20.7 Å². The lowest BCUT2D eigenvalue weighted by molar-refractivity contribution is 0.103. The summed E-state index contributed by atoms with van der Waals surface area (Å²) in [6, 6.07) is 15.2. The van der Waals surface area contributed by atoms with Crippen molar-refractivity contribution >= 4 is 46.7 Å². The lowest BCUT2D eigenvalue weighted by Crippen LogP contribution is -2.24. The van der Waals surface area contributed by atoms with E-state index in [4.69, 9.17) is 37.4 Å². The van der Waals surface area contributed by atoms with Gasteiger partial charge in [0.05, 0.1) is 36.9 Å². The van der Waals surface area contributed by atoms with Gasteiger partial charge in [-0.3, -0.25) is 9.59 Å². The third-order valence-corrected chi connectivity index (χ3v) is 8.08. The predicted octanol–water partition coefficient (Wildman–Crippen LogP) is 5.69. The van der Waals surface area contributed by atoms with E-state index in [9.17, 15) is 14.2 Å². The van der Waals surface area contributed by atoms with Crippen molar-refractivity contribution in [2.75, 3.05) is 21.3 Å². The summed E-state index contributed by atoms with van der Waals surface area (Å²) in [6.07, 6.45) is 0. The van der Waals surface area contributed by atoms with Crippen LogP contribution in [0.4, 0.5) is 0 Å². The molecule has 166 valence electrons. The SMILES string of the molecule is COc1cccc(Cl)c1C(=O)P(=O)(C(=O)c1ccccc1)c1c(OC)ccc(Cl)c1OC. The second-order valence-corrected chi connectivity index (χ2v) is 9.83. The van der Waals surface area contributed by atoms with Crippen LogP contribution in [0, 0.1) is 0 Å². The number of carbonyl (C=O) groups is 2. The first kappa shape index (κ1) is 23.9. The highest BCUT2D eigenvalue weighted by atomic mass is 35.5. The highest BCUT2D eigenvalue weighted by molar-refractivity contribution is 8.01. The molecule has 0 aromatic heterocycles. The first-order chi connectivity index (χ1) is 15.3.